The summed E-state index contributed by atoms with van der Waals surface area (Å²) in [5, 5.41) is 0. The Balaban J connectivity index is 0.00000151. The number of esters is 1. The first-order chi connectivity index (χ1) is 14.3. The molecule has 1 aromatic rings. The van der Waals surface area contributed by atoms with Crippen LogP contribution in [0.2, 0.25) is 0 Å². The number of carbonyl (C=O) groups is 3. The molecule has 5 heteroatoms. The molecule has 0 radical (unpaired) electrons. The standard InChI is InChI=1S/C23H31NO4.C3H8/c1-13(2)11-18(24)22(27)28-19(23(4,5)6)12-17-14(3)15-9-7-8-10-16(15)20(25)21(17)26;1-3-2/h7-10,13,18-19H,11-12,24H2,1-6H3;3H2,1-2H3. The van der Waals surface area contributed by atoms with Crippen LogP contribution in [0.1, 0.15) is 90.6 Å². The largest absolute Gasteiger partial charge is 0.460 e. The maximum absolute atomic E-state index is 12.8. The third-order valence-electron chi connectivity index (χ3n) is 5.15. The van der Waals surface area contributed by atoms with Crippen molar-refractivity contribution in [3.05, 3.63) is 41.0 Å². The second-order valence-electron chi connectivity index (χ2n) is 9.75. The highest BCUT2D eigenvalue weighted by atomic mass is 16.5. The van der Waals surface area contributed by atoms with E-state index in [9.17, 15) is 14.4 Å². The zero-order valence-corrected chi connectivity index (χ0v) is 20.4. The summed E-state index contributed by atoms with van der Waals surface area (Å²) in [6, 6.07) is 6.39. The number of hydrogen-bond donors (Lipinski definition) is 1. The smallest absolute Gasteiger partial charge is 0.323 e. The van der Waals surface area contributed by atoms with Crippen LogP contribution in [0.5, 0.6) is 0 Å². The fraction of sp³-hybridized carbons (Fsp3) is 0.577. The third kappa shape index (κ3) is 7.13. The van der Waals surface area contributed by atoms with Crippen LogP contribution in [0.4, 0.5) is 0 Å². The molecular weight excluding hydrogens is 390 g/mol. The fourth-order valence-corrected chi connectivity index (χ4v) is 3.39. The van der Waals surface area contributed by atoms with Gasteiger partial charge in [-0.25, -0.2) is 0 Å². The SMILES string of the molecule is CC1=C(CC(OC(=O)C(N)CC(C)C)C(C)(C)C)C(=O)C(=O)c2ccccc21.CCC. The lowest BCUT2D eigenvalue weighted by Crippen LogP contribution is -2.41. The van der Waals surface area contributed by atoms with E-state index in [0.29, 0.717) is 17.6 Å². The number of nitrogens with two attached hydrogens (primary N) is 1. The highest BCUT2D eigenvalue weighted by Gasteiger charge is 2.37. The van der Waals surface area contributed by atoms with Crippen LogP contribution in [-0.2, 0) is 14.3 Å². The van der Waals surface area contributed by atoms with Gasteiger partial charge in [-0.15, -0.1) is 0 Å². The molecular formula is C26H39NO4. The van der Waals surface area contributed by atoms with Crippen molar-refractivity contribution in [2.24, 2.45) is 17.1 Å². The first kappa shape index (κ1) is 26.8. The minimum Gasteiger partial charge on any atom is -0.460 e. The van der Waals surface area contributed by atoms with E-state index < -0.39 is 35.1 Å². The summed E-state index contributed by atoms with van der Waals surface area (Å²) in [6.07, 6.45) is 1.40. The highest BCUT2D eigenvalue weighted by Crippen LogP contribution is 2.35. The van der Waals surface area contributed by atoms with Gasteiger partial charge in [0.1, 0.15) is 12.1 Å². The summed E-state index contributed by atoms with van der Waals surface area (Å²) in [4.78, 5) is 37.8. The Kier molecular flexibility index (Phi) is 9.82. The number of hydrogen-bond acceptors (Lipinski definition) is 5. The van der Waals surface area contributed by atoms with Crippen LogP contribution in [0.3, 0.4) is 0 Å². The molecule has 0 fully saturated rings. The van der Waals surface area contributed by atoms with Crippen molar-refractivity contribution in [2.45, 2.75) is 86.8 Å². The van der Waals surface area contributed by atoms with Crippen LogP contribution in [0.15, 0.2) is 29.8 Å². The van der Waals surface area contributed by atoms with Gasteiger partial charge in [0.05, 0.1) is 0 Å². The average molecular weight is 430 g/mol. The van der Waals surface area contributed by atoms with Gasteiger partial charge in [0.25, 0.3) is 0 Å². The number of carbonyl (C=O) groups excluding carboxylic acids is 3. The Morgan fingerprint density at radius 3 is 2.03 bits per heavy atom. The van der Waals surface area contributed by atoms with E-state index >= 15 is 0 Å². The zero-order chi connectivity index (χ0) is 23.9. The van der Waals surface area contributed by atoms with Gasteiger partial charge in [0, 0.05) is 17.6 Å². The van der Waals surface area contributed by atoms with Crippen molar-refractivity contribution in [2.75, 3.05) is 0 Å². The van der Waals surface area contributed by atoms with Gasteiger partial charge in [-0.3, -0.25) is 14.4 Å². The molecule has 1 aliphatic carbocycles. The van der Waals surface area contributed by atoms with E-state index in [1.54, 1.807) is 12.1 Å². The molecule has 0 saturated carbocycles. The number of benzene rings is 1. The summed E-state index contributed by atoms with van der Waals surface area (Å²) in [7, 11) is 0. The van der Waals surface area contributed by atoms with Gasteiger partial charge < -0.3 is 10.5 Å². The van der Waals surface area contributed by atoms with Crippen molar-refractivity contribution in [3.63, 3.8) is 0 Å². The van der Waals surface area contributed by atoms with Crippen LogP contribution >= 0.6 is 0 Å². The number of rotatable bonds is 6. The van der Waals surface area contributed by atoms with Crippen LogP contribution in [0.25, 0.3) is 5.57 Å². The summed E-state index contributed by atoms with van der Waals surface area (Å²) in [5.74, 6) is -1.23. The van der Waals surface area contributed by atoms with Gasteiger partial charge in [-0.05, 0) is 35.8 Å². The van der Waals surface area contributed by atoms with Crippen LogP contribution in [-0.4, -0.2) is 29.7 Å². The molecule has 0 spiro atoms. The lowest BCUT2D eigenvalue weighted by Gasteiger charge is -2.33. The van der Waals surface area contributed by atoms with E-state index in [0.717, 1.165) is 11.1 Å². The van der Waals surface area contributed by atoms with Crippen LogP contribution in [0, 0.1) is 11.3 Å². The Labute approximate surface area is 187 Å². The molecule has 0 saturated heterocycles. The summed E-state index contributed by atoms with van der Waals surface area (Å²) >= 11 is 0. The molecule has 31 heavy (non-hydrogen) atoms. The normalized spacial score (nSPS) is 15.8. The van der Waals surface area contributed by atoms with Crippen molar-refractivity contribution in [1.29, 1.82) is 0 Å². The van der Waals surface area contributed by atoms with Gasteiger partial charge in [0.2, 0.25) is 11.6 Å². The quantitative estimate of drug-likeness (QED) is 0.486. The molecule has 0 aliphatic heterocycles. The number of Topliss-reactive ketones (excluding diaryl/α,β-unsaturated/α-hetero) is 2. The Morgan fingerprint density at radius 1 is 1.03 bits per heavy atom. The topological polar surface area (TPSA) is 86.5 Å². The highest BCUT2D eigenvalue weighted by molar-refractivity contribution is 6.52. The third-order valence-corrected chi connectivity index (χ3v) is 5.15. The molecule has 5 nitrogen and oxygen atoms in total. The fourth-order valence-electron chi connectivity index (χ4n) is 3.39. The maximum atomic E-state index is 12.8. The molecule has 0 heterocycles. The average Bonchev–Trinajstić information content (AvgIpc) is 2.67. The Morgan fingerprint density at radius 2 is 1.55 bits per heavy atom. The molecule has 2 N–H and O–H groups in total. The van der Waals surface area contributed by atoms with Gasteiger partial charge in [-0.1, -0.05) is 79.2 Å². The van der Waals surface area contributed by atoms with Crippen molar-refractivity contribution >= 4 is 23.1 Å². The maximum Gasteiger partial charge on any atom is 0.323 e. The number of allylic oxidation sites excluding steroid dienone is 1. The predicted molar refractivity (Wildman–Crippen MR) is 126 cm³/mol. The molecule has 0 amide bonds. The minimum atomic E-state index is -0.704. The monoisotopic (exact) mass is 429 g/mol. The van der Waals surface area contributed by atoms with Gasteiger partial charge in [-0.2, -0.15) is 0 Å². The van der Waals surface area contributed by atoms with Gasteiger partial charge in [0.15, 0.2) is 0 Å². The van der Waals surface area contributed by atoms with E-state index in [4.69, 9.17) is 10.5 Å². The molecule has 2 atom stereocenters. The first-order valence-corrected chi connectivity index (χ1v) is 11.2. The zero-order valence-electron chi connectivity index (χ0n) is 20.4. The molecule has 2 unspecified atom stereocenters. The molecule has 2 rings (SSSR count). The molecule has 1 aromatic carbocycles. The van der Waals surface area contributed by atoms with Gasteiger partial charge >= 0.3 is 5.97 Å². The first-order valence-electron chi connectivity index (χ1n) is 11.2. The molecule has 0 bridgehead atoms. The number of ether oxygens (including phenoxy) is 1. The molecule has 1 aliphatic rings. The Bertz CT molecular complexity index is 830. The lowest BCUT2D eigenvalue weighted by atomic mass is 9.78. The summed E-state index contributed by atoms with van der Waals surface area (Å²) in [6.45, 7) is 15.9. The molecule has 172 valence electrons. The van der Waals surface area contributed by atoms with Crippen LogP contribution < -0.4 is 5.73 Å². The molecule has 0 aromatic heterocycles. The van der Waals surface area contributed by atoms with Crippen molar-refractivity contribution in [3.8, 4) is 0 Å². The second-order valence-corrected chi connectivity index (χ2v) is 9.75. The van der Waals surface area contributed by atoms with Crippen molar-refractivity contribution < 1.29 is 19.1 Å². The van der Waals surface area contributed by atoms with E-state index in [-0.39, 0.29) is 12.3 Å². The van der Waals surface area contributed by atoms with E-state index in [2.05, 4.69) is 13.8 Å². The predicted octanol–water partition coefficient (Wildman–Crippen LogP) is 5.36. The lowest BCUT2D eigenvalue weighted by molar-refractivity contribution is -0.156. The second kappa shape index (κ2) is 11.4. The van der Waals surface area contributed by atoms with Crippen molar-refractivity contribution in [1.82, 2.24) is 0 Å². The van der Waals surface area contributed by atoms with E-state index in [1.165, 1.54) is 6.42 Å². The van der Waals surface area contributed by atoms with E-state index in [1.807, 2.05) is 53.7 Å². The number of fused-ring (bicyclic) bond motifs is 1. The number of ketones is 2. The summed E-state index contributed by atoms with van der Waals surface area (Å²) in [5.41, 5.74) is 7.92. The Hall–Kier alpha value is -2.27. The minimum absolute atomic E-state index is 0.189. The summed E-state index contributed by atoms with van der Waals surface area (Å²) < 4.78 is 5.74.